The molecule has 0 spiro atoms. The standard InChI is InChI=1S/C19H6F18O6S2/c20-14(21,22)6-1-8(16(26,27)28)12(9(2-6)17(29,30)31)44(38,39)42-5-43-45(40,41)13-10(18(32,33)34)3-7(15(23,24)25)4-11(13)19(35,36)37/h1-4H,5H2. The molecule has 0 fully saturated rings. The van der Waals surface area contributed by atoms with Gasteiger partial charge >= 0.3 is 37.1 Å². The van der Waals surface area contributed by atoms with Crippen LogP contribution in [-0.4, -0.2) is 23.6 Å². The predicted molar refractivity (Wildman–Crippen MR) is 104 cm³/mol. The Bertz CT molecular complexity index is 1460. The average molecular weight is 736 g/mol. The Hall–Kier alpha value is -3.00. The van der Waals surface area contributed by atoms with Gasteiger partial charge in [-0.15, -0.1) is 0 Å². The Morgan fingerprint density at radius 3 is 0.756 bits per heavy atom. The Kier molecular flexibility index (Phi) is 9.64. The topological polar surface area (TPSA) is 86.7 Å². The fraction of sp³-hybridized carbons (Fsp3) is 0.368. The van der Waals surface area contributed by atoms with Gasteiger partial charge in [0.2, 0.25) is 0 Å². The first-order valence-electron chi connectivity index (χ1n) is 10.2. The van der Waals surface area contributed by atoms with Crippen LogP contribution in [0.2, 0.25) is 0 Å². The molecule has 6 nitrogen and oxygen atoms in total. The molecule has 0 aliphatic heterocycles. The van der Waals surface area contributed by atoms with Crippen LogP contribution in [0.5, 0.6) is 0 Å². The monoisotopic (exact) mass is 736 g/mol. The molecule has 0 amide bonds. The molecule has 45 heavy (non-hydrogen) atoms. The van der Waals surface area contributed by atoms with Crippen molar-refractivity contribution in [1.82, 2.24) is 0 Å². The summed E-state index contributed by atoms with van der Waals surface area (Å²) in [5.41, 5.74) is -18.4. The lowest BCUT2D eigenvalue weighted by Gasteiger charge is -2.22. The van der Waals surface area contributed by atoms with Crippen molar-refractivity contribution in [2.75, 3.05) is 6.79 Å². The minimum atomic E-state index is -6.85. The third-order valence-electron chi connectivity index (χ3n) is 4.96. The number of hydrogen-bond donors (Lipinski definition) is 0. The predicted octanol–water partition coefficient (Wildman–Crippen LogP) is 7.87. The summed E-state index contributed by atoms with van der Waals surface area (Å²) >= 11 is 0. The molecule has 2 rings (SSSR count). The van der Waals surface area contributed by atoms with Gasteiger partial charge in [0.25, 0.3) is 20.2 Å². The van der Waals surface area contributed by atoms with E-state index in [-0.39, 0.29) is 0 Å². The molecular formula is C19H6F18O6S2. The van der Waals surface area contributed by atoms with Crippen LogP contribution in [0.3, 0.4) is 0 Å². The van der Waals surface area contributed by atoms with E-state index in [1.807, 2.05) is 0 Å². The summed E-state index contributed by atoms with van der Waals surface area (Å²) in [6, 6.07) is -4.62. The van der Waals surface area contributed by atoms with Gasteiger partial charge in [-0.1, -0.05) is 0 Å². The van der Waals surface area contributed by atoms with Crippen molar-refractivity contribution in [2.24, 2.45) is 0 Å². The van der Waals surface area contributed by atoms with Crippen molar-refractivity contribution >= 4 is 20.2 Å². The molecule has 0 atom stereocenters. The Morgan fingerprint density at radius 1 is 0.400 bits per heavy atom. The van der Waals surface area contributed by atoms with Gasteiger partial charge < -0.3 is 0 Å². The van der Waals surface area contributed by atoms with Crippen molar-refractivity contribution in [3.63, 3.8) is 0 Å². The van der Waals surface area contributed by atoms with E-state index in [9.17, 15) is 95.9 Å². The maximum absolute atomic E-state index is 13.4. The average Bonchev–Trinajstić information content (AvgIpc) is 2.78. The smallest absolute Gasteiger partial charge is 0.236 e. The first kappa shape index (κ1) is 38.2. The number of benzene rings is 2. The van der Waals surface area contributed by atoms with E-state index in [0.29, 0.717) is 0 Å². The van der Waals surface area contributed by atoms with Gasteiger partial charge in [0, 0.05) is 0 Å². The molecule has 0 radical (unpaired) electrons. The van der Waals surface area contributed by atoms with E-state index >= 15 is 0 Å². The van der Waals surface area contributed by atoms with Crippen molar-refractivity contribution in [3.05, 3.63) is 57.6 Å². The summed E-state index contributed by atoms with van der Waals surface area (Å²) in [6.45, 7) is -2.89. The normalized spacial score (nSPS) is 14.6. The summed E-state index contributed by atoms with van der Waals surface area (Å²) in [7, 11) is -13.7. The molecule has 26 heteroatoms. The number of alkyl halides is 18. The lowest BCUT2D eigenvalue weighted by atomic mass is 10.0. The number of hydrogen-bond acceptors (Lipinski definition) is 6. The van der Waals surface area contributed by atoms with Gasteiger partial charge in [0.15, 0.2) is 6.79 Å². The second kappa shape index (κ2) is 11.4. The molecule has 0 aliphatic rings. The van der Waals surface area contributed by atoms with Gasteiger partial charge in [0.05, 0.1) is 33.4 Å². The van der Waals surface area contributed by atoms with Crippen LogP contribution in [0.25, 0.3) is 0 Å². The van der Waals surface area contributed by atoms with Crippen molar-refractivity contribution < 1.29 is 104 Å². The van der Waals surface area contributed by atoms with Crippen LogP contribution < -0.4 is 0 Å². The second-order valence-electron chi connectivity index (χ2n) is 8.05. The first-order valence-corrected chi connectivity index (χ1v) is 13.0. The van der Waals surface area contributed by atoms with Crippen LogP contribution in [0.1, 0.15) is 33.4 Å². The third kappa shape index (κ3) is 8.63. The van der Waals surface area contributed by atoms with Crippen molar-refractivity contribution in [1.29, 1.82) is 0 Å². The maximum Gasteiger partial charge on any atom is 0.417 e. The van der Waals surface area contributed by atoms with E-state index in [2.05, 4.69) is 8.37 Å². The molecule has 256 valence electrons. The van der Waals surface area contributed by atoms with E-state index in [1.54, 1.807) is 0 Å². The molecular weight excluding hydrogens is 730 g/mol. The molecule has 2 aromatic carbocycles. The van der Waals surface area contributed by atoms with Gasteiger partial charge in [-0.3, -0.25) is 0 Å². The second-order valence-corrected chi connectivity index (χ2v) is 11.2. The molecule has 0 aliphatic carbocycles. The largest absolute Gasteiger partial charge is 0.417 e. The van der Waals surface area contributed by atoms with Gasteiger partial charge in [0.1, 0.15) is 9.79 Å². The molecule has 0 saturated carbocycles. The fourth-order valence-electron chi connectivity index (χ4n) is 3.23. The van der Waals surface area contributed by atoms with E-state index in [1.165, 1.54) is 0 Å². The van der Waals surface area contributed by atoms with Crippen molar-refractivity contribution in [2.45, 2.75) is 46.8 Å². The highest BCUT2D eigenvalue weighted by atomic mass is 32.2. The highest BCUT2D eigenvalue weighted by Crippen LogP contribution is 2.47. The molecule has 0 N–H and O–H groups in total. The number of halogens is 18. The SMILES string of the molecule is O=S(=O)(OCOS(=O)(=O)c1c(C(F)(F)F)cc(C(F)(F)F)cc1C(F)(F)F)c1c(C(F)(F)F)cc(C(F)(F)F)cc1C(F)(F)F. The molecule has 0 unspecified atom stereocenters. The van der Waals surface area contributed by atoms with Gasteiger partial charge in [-0.05, 0) is 24.3 Å². The lowest BCUT2D eigenvalue weighted by molar-refractivity contribution is -0.154. The quantitative estimate of drug-likeness (QED) is 0.171. The molecule has 0 heterocycles. The number of rotatable bonds is 6. The van der Waals surface area contributed by atoms with E-state index < -0.39 is 132 Å². The van der Waals surface area contributed by atoms with Crippen LogP contribution in [0.4, 0.5) is 79.0 Å². The van der Waals surface area contributed by atoms with Crippen LogP contribution in [0, 0.1) is 0 Å². The minimum Gasteiger partial charge on any atom is -0.236 e. The van der Waals surface area contributed by atoms with Crippen LogP contribution in [-0.2, 0) is 65.7 Å². The summed E-state index contributed by atoms with van der Waals surface area (Å²) in [6.07, 6.45) is -37.5. The van der Waals surface area contributed by atoms with Crippen LogP contribution >= 0.6 is 0 Å². The van der Waals surface area contributed by atoms with E-state index in [0.717, 1.165) is 0 Å². The van der Waals surface area contributed by atoms with Gasteiger partial charge in [-0.25, -0.2) is 8.37 Å². The molecule has 0 bridgehead atoms. The summed E-state index contributed by atoms with van der Waals surface area (Å²) in [5, 5.41) is 0. The Morgan fingerprint density at radius 2 is 0.600 bits per heavy atom. The lowest BCUT2D eigenvalue weighted by Crippen LogP contribution is -2.26. The minimum absolute atomic E-state index is 1.16. The zero-order chi connectivity index (χ0) is 35.6. The maximum atomic E-state index is 13.4. The molecule has 0 aromatic heterocycles. The fourth-order valence-corrected chi connectivity index (χ4v) is 5.65. The summed E-state index contributed by atoms with van der Waals surface area (Å²) < 4.78 is 295. The summed E-state index contributed by atoms with van der Waals surface area (Å²) in [4.78, 5) is -6.34. The third-order valence-corrected chi connectivity index (χ3v) is 7.65. The summed E-state index contributed by atoms with van der Waals surface area (Å²) in [5.74, 6) is 0. The van der Waals surface area contributed by atoms with Crippen molar-refractivity contribution in [3.8, 4) is 0 Å². The zero-order valence-corrected chi connectivity index (χ0v) is 21.7. The van der Waals surface area contributed by atoms with E-state index in [4.69, 9.17) is 0 Å². The highest BCUT2D eigenvalue weighted by molar-refractivity contribution is 7.87. The van der Waals surface area contributed by atoms with Crippen LogP contribution in [0.15, 0.2) is 34.1 Å². The zero-order valence-electron chi connectivity index (χ0n) is 20.1. The Labute approximate surface area is 236 Å². The highest BCUT2D eigenvalue weighted by Gasteiger charge is 2.50. The first-order chi connectivity index (χ1) is 19.6. The molecule has 0 saturated heterocycles. The molecule has 2 aromatic rings. The van der Waals surface area contributed by atoms with Gasteiger partial charge in [-0.2, -0.15) is 95.9 Å². The Balaban J connectivity index is 2.75.